The van der Waals surface area contributed by atoms with Crippen LogP contribution in [0.5, 0.6) is 5.75 Å². The highest BCUT2D eigenvalue weighted by Gasteiger charge is 2.28. The van der Waals surface area contributed by atoms with Gasteiger partial charge in [-0.2, -0.15) is 8.78 Å². The molecule has 1 aliphatic heterocycles. The third kappa shape index (κ3) is 3.89. The lowest BCUT2D eigenvalue weighted by Crippen LogP contribution is -2.51. The number of para-hydroxylation sites is 1. The van der Waals surface area contributed by atoms with Crippen molar-refractivity contribution < 1.29 is 23.0 Å². The number of ether oxygens (including phenoxy) is 2. The van der Waals surface area contributed by atoms with Crippen LogP contribution in [0, 0.1) is 0 Å². The van der Waals surface area contributed by atoms with Crippen molar-refractivity contribution in [1.29, 1.82) is 0 Å². The summed E-state index contributed by atoms with van der Waals surface area (Å²) in [7, 11) is 0. The van der Waals surface area contributed by atoms with Crippen molar-refractivity contribution >= 4 is 5.91 Å². The number of nitrogens with zero attached hydrogens (tertiary/aromatic N) is 1. The van der Waals surface area contributed by atoms with Crippen LogP contribution in [0.2, 0.25) is 0 Å². The number of hydrogen-bond acceptors (Lipinski definition) is 4. The summed E-state index contributed by atoms with van der Waals surface area (Å²) in [5.41, 5.74) is 5.89. The summed E-state index contributed by atoms with van der Waals surface area (Å²) >= 11 is 0. The van der Waals surface area contributed by atoms with Gasteiger partial charge in [-0.15, -0.1) is 0 Å². The predicted octanol–water partition coefficient (Wildman–Crippen LogP) is 1.48. The van der Waals surface area contributed by atoms with Gasteiger partial charge in [-0.3, -0.25) is 4.79 Å². The van der Waals surface area contributed by atoms with Crippen LogP contribution >= 0.6 is 0 Å². The number of hydrogen-bond donors (Lipinski definition) is 1. The van der Waals surface area contributed by atoms with E-state index in [2.05, 4.69) is 4.74 Å². The van der Waals surface area contributed by atoms with Gasteiger partial charge in [0, 0.05) is 19.1 Å². The van der Waals surface area contributed by atoms with Crippen molar-refractivity contribution in [2.75, 3.05) is 19.7 Å². The molecule has 1 aromatic rings. The van der Waals surface area contributed by atoms with Gasteiger partial charge in [0.05, 0.1) is 18.3 Å². The van der Waals surface area contributed by atoms with Crippen LogP contribution in [0.15, 0.2) is 24.3 Å². The largest absolute Gasteiger partial charge is 0.434 e. The molecule has 1 aliphatic rings. The highest BCUT2D eigenvalue weighted by molar-refractivity contribution is 5.97. The van der Waals surface area contributed by atoms with E-state index in [0.29, 0.717) is 19.7 Å². The molecule has 0 aliphatic carbocycles. The lowest BCUT2D eigenvalue weighted by molar-refractivity contribution is -0.0509. The van der Waals surface area contributed by atoms with E-state index in [1.54, 1.807) is 24.0 Å². The van der Waals surface area contributed by atoms with E-state index in [9.17, 15) is 13.6 Å². The summed E-state index contributed by atoms with van der Waals surface area (Å²) in [5.74, 6) is -0.485. The molecule has 0 bridgehead atoms. The minimum absolute atomic E-state index is 0.114. The van der Waals surface area contributed by atoms with Gasteiger partial charge in [0.2, 0.25) is 0 Å². The Bertz CT molecular complexity index is 497. The molecular formula is C14H18F2N2O3. The molecule has 2 unspecified atom stereocenters. The molecule has 5 nitrogen and oxygen atoms in total. The summed E-state index contributed by atoms with van der Waals surface area (Å²) < 4.78 is 34.7. The average molecular weight is 300 g/mol. The van der Waals surface area contributed by atoms with Crippen molar-refractivity contribution in [3.63, 3.8) is 0 Å². The van der Waals surface area contributed by atoms with Crippen LogP contribution in [0.1, 0.15) is 17.3 Å². The van der Waals surface area contributed by atoms with Crippen molar-refractivity contribution in [1.82, 2.24) is 4.90 Å². The molecule has 2 N–H and O–H groups in total. The van der Waals surface area contributed by atoms with Crippen molar-refractivity contribution in [2.45, 2.75) is 25.7 Å². The summed E-state index contributed by atoms with van der Waals surface area (Å²) in [6.45, 7) is -0.0761. The Morgan fingerprint density at radius 3 is 2.86 bits per heavy atom. The van der Waals surface area contributed by atoms with E-state index >= 15 is 0 Å². The van der Waals surface area contributed by atoms with Gasteiger partial charge in [0.15, 0.2) is 0 Å². The number of morpholine rings is 1. The molecule has 21 heavy (non-hydrogen) atoms. The monoisotopic (exact) mass is 300 g/mol. The van der Waals surface area contributed by atoms with Crippen molar-refractivity contribution in [2.24, 2.45) is 5.73 Å². The molecule has 2 atom stereocenters. The minimum atomic E-state index is -2.97. The van der Waals surface area contributed by atoms with Gasteiger partial charge in [-0.05, 0) is 19.1 Å². The molecule has 0 aromatic heterocycles. The van der Waals surface area contributed by atoms with E-state index in [0.717, 1.165) is 0 Å². The van der Waals surface area contributed by atoms with Gasteiger partial charge in [-0.1, -0.05) is 12.1 Å². The maximum absolute atomic E-state index is 12.5. The Labute approximate surface area is 121 Å². The van der Waals surface area contributed by atoms with Crippen LogP contribution < -0.4 is 10.5 Å². The fourth-order valence-corrected chi connectivity index (χ4v) is 2.19. The maximum Gasteiger partial charge on any atom is 0.387 e. The maximum atomic E-state index is 12.5. The Morgan fingerprint density at radius 1 is 1.48 bits per heavy atom. The summed E-state index contributed by atoms with van der Waals surface area (Å²) in [6, 6.07) is 5.75. The first-order valence-corrected chi connectivity index (χ1v) is 6.69. The molecule has 1 amide bonds. The molecule has 1 saturated heterocycles. The Balaban J connectivity index is 2.16. The molecule has 1 heterocycles. The number of carbonyl (C=O) groups excluding carboxylic acids is 1. The molecule has 1 fully saturated rings. The summed E-state index contributed by atoms with van der Waals surface area (Å²) in [6.07, 6.45) is -0.258. The smallest absolute Gasteiger partial charge is 0.387 e. The lowest BCUT2D eigenvalue weighted by Gasteiger charge is -2.35. The third-order valence-corrected chi connectivity index (χ3v) is 3.30. The Hall–Kier alpha value is -1.73. The van der Waals surface area contributed by atoms with Gasteiger partial charge < -0.3 is 20.1 Å². The lowest BCUT2D eigenvalue weighted by atomic mass is 10.1. The fourth-order valence-electron chi connectivity index (χ4n) is 2.19. The predicted molar refractivity (Wildman–Crippen MR) is 72.4 cm³/mol. The molecule has 0 saturated carbocycles. The number of rotatable bonds is 4. The molecule has 7 heteroatoms. The molecule has 0 spiro atoms. The number of amides is 1. The molecular weight excluding hydrogens is 282 g/mol. The second-order valence-corrected chi connectivity index (χ2v) is 4.89. The van der Waals surface area contributed by atoms with E-state index in [1.807, 2.05) is 0 Å². The van der Waals surface area contributed by atoms with E-state index in [1.165, 1.54) is 12.1 Å². The van der Waals surface area contributed by atoms with Gasteiger partial charge in [0.25, 0.3) is 5.91 Å². The standard InChI is InChI=1S/C14H18F2N2O3/c1-9(17)12-8-18(6-7-20-12)13(19)10-4-2-3-5-11(10)21-14(15)16/h2-5,9,12,14H,6-8,17H2,1H3. The zero-order valence-electron chi connectivity index (χ0n) is 11.7. The minimum Gasteiger partial charge on any atom is -0.434 e. The van der Waals surface area contributed by atoms with Gasteiger partial charge >= 0.3 is 6.61 Å². The van der Waals surface area contributed by atoms with E-state index in [-0.39, 0.29) is 29.4 Å². The first-order chi connectivity index (χ1) is 9.99. The zero-order chi connectivity index (χ0) is 15.4. The second kappa shape index (κ2) is 6.82. The zero-order valence-corrected chi connectivity index (χ0v) is 11.7. The molecule has 0 radical (unpaired) electrons. The summed E-state index contributed by atoms with van der Waals surface area (Å²) in [5, 5.41) is 0. The highest BCUT2D eigenvalue weighted by Crippen LogP contribution is 2.23. The van der Waals surface area contributed by atoms with Crippen LogP contribution in [-0.2, 0) is 4.74 Å². The number of halogens is 2. The van der Waals surface area contributed by atoms with Gasteiger partial charge in [0.1, 0.15) is 5.75 Å². The SMILES string of the molecule is CC(N)C1CN(C(=O)c2ccccc2OC(F)F)CCO1. The fraction of sp³-hybridized carbons (Fsp3) is 0.500. The molecule has 116 valence electrons. The van der Waals surface area contributed by atoms with Crippen LogP contribution in [-0.4, -0.2) is 49.3 Å². The average Bonchev–Trinajstić information content (AvgIpc) is 2.46. The van der Waals surface area contributed by atoms with E-state index in [4.69, 9.17) is 10.5 Å². The Kier molecular flexibility index (Phi) is 5.08. The molecule has 1 aromatic carbocycles. The third-order valence-electron chi connectivity index (χ3n) is 3.30. The number of benzene rings is 1. The van der Waals surface area contributed by atoms with Crippen molar-refractivity contribution in [3.05, 3.63) is 29.8 Å². The van der Waals surface area contributed by atoms with Crippen LogP contribution in [0.25, 0.3) is 0 Å². The van der Waals surface area contributed by atoms with E-state index < -0.39 is 6.61 Å². The topological polar surface area (TPSA) is 64.8 Å². The molecule has 2 rings (SSSR count). The number of nitrogens with two attached hydrogens (primary N) is 1. The van der Waals surface area contributed by atoms with Crippen molar-refractivity contribution in [3.8, 4) is 5.75 Å². The first kappa shape index (κ1) is 15.7. The normalized spacial score (nSPS) is 20.4. The summed E-state index contributed by atoms with van der Waals surface area (Å²) in [4.78, 5) is 14.0. The Morgan fingerprint density at radius 2 is 2.19 bits per heavy atom. The first-order valence-electron chi connectivity index (χ1n) is 6.69. The quantitative estimate of drug-likeness (QED) is 0.914. The number of alkyl halides is 2. The van der Waals surface area contributed by atoms with Crippen LogP contribution in [0.4, 0.5) is 8.78 Å². The number of carbonyl (C=O) groups is 1. The van der Waals surface area contributed by atoms with Gasteiger partial charge in [-0.25, -0.2) is 0 Å². The van der Waals surface area contributed by atoms with Crippen LogP contribution in [0.3, 0.4) is 0 Å². The highest BCUT2D eigenvalue weighted by atomic mass is 19.3. The second-order valence-electron chi connectivity index (χ2n) is 4.89.